The van der Waals surface area contributed by atoms with Crippen molar-refractivity contribution in [3.05, 3.63) is 70.5 Å². The zero-order chi connectivity index (χ0) is 23.3. The van der Waals surface area contributed by atoms with Gasteiger partial charge in [0.2, 0.25) is 5.91 Å². The zero-order valence-electron chi connectivity index (χ0n) is 17.0. The lowest BCUT2D eigenvalue weighted by atomic mass is 10.2. The van der Waals surface area contributed by atoms with Crippen molar-refractivity contribution < 1.29 is 23.5 Å². The highest BCUT2D eigenvalue weighted by molar-refractivity contribution is 7.09. The fourth-order valence-corrected chi connectivity index (χ4v) is 3.57. The van der Waals surface area contributed by atoms with Crippen LogP contribution in [-0.2, 0) is 11.3 Å². The molecule has 0 fully saturated rings. The maximum Gasteiger partial charge on any atom is 0.272 e. The molecule has 11 heteroatoms. The van der Waals surface area contributed by atoms with Crippen LogP contribution >= 0.6 is 11.5 Å². The highest BCUT2D eigenvalue weighted by atomic mass is 32.1. The van der Waals surface area contributed by atoms with Crippen molar-refractivity contribution in [1.29, 1.82) is 0 Å². The lowest BCUT2D eigenvalue weighted by Gasteiger charge is -2.22. The molecule has 3 rings (SSSR count). The summed E-state index contributed by atoms with van der Waals surface area (Å²) in [6, 6.07) is 12.2. The predicted octanol–water partition coefficient (Wildman–Crippen LogP) is 1.94. The highest BCUT2D eigenvalue weighted by Crippen LogP contribution is 2.27. The number of nitrogen functional groups attached to an aromatic ring is 1. The number of amides is 3. The second kappa shape index (κ2) is 9.88. The van der Waals surface area contributed by atoms with E-state index in [-0.39, 0.29) is 35.2 Å². The van der Waals surface area contributed by atoms with E-state index in [1.165, 1.54) is 24.1 Å². The second-order valence-corrected chi connectivity index (χ2v) is 7.41. The number of benzene rings is 2. The Labute approximate surface area is 186 Å². The summed E-state index contributed by atoms with van der Waals surface area (Å²) in [5.41, 5.74) is 11.8. The van der Waals surface area contributed by atoms with Crippen molar-refractivity contribution in [2.75, 3.05) is 24.3 Å². The molecule has 1 heterocycles. The van der Waals surface area contributed by atoms with E-state index in [1.807, 2.05) is 0 Å². The van der Waals surface area contributed by atoms with Crippen LogP contribution in [0.3, 0.4) is 0 Å². The first kappa shape index (κ1) is 22.7. The third kappa shape index (κ3) is 5.19. The van der Waals surface area contributed by atoms with Gasteiger partial charge in [0.15, 0.2) is 5.69 Å². The molecule has 0 aliphatic rings. The zero-order valence-corrected chi connectivity index (χ0v) is 17.8. The second-order valence-electron chi connectivity index (χ2n) is 6.63. The molecule has 166 valence electrons. The van der Waals surface area contributed by atoms with E-state index in [1.54, 1.807) is 36.4 Å². The molecule has 0 aliphatic carbocycles. The van der Waals surface area contributed by atoms with Gasteiger partial charge in [0, 0.05) is 18.3 Å². The van der Waals surface area contributed by atoms with Gasteiger partial charge in [0.05, 0.1) is 12.8 Å². The van der Waals surface area contributed by atoms with Gasteiger partial charge in [-0.3, -0.25) is 19.3 Å². The molecule has 0 aliphatic heterocycles. The minimum atomic E-state index is -0.859. The molecule has 2 aromatic carbocycles. The van der Waals surface area contributed by atoms with Crippen molar-refractivity contribution in [3.8, 4) is 5.75 Å². The molecular weight excluding hydrogens is 437 g/mol. The van der Waals surface area contributed by atoms with E-state index in [4.69, 9.17) is 16.2 Å². The lowest BCUT2D eigenvalue weighted by molar-refractivity contribution is -0.119. The number of nitrogens with two attached hydrogens (primary N) is 2. The van der Waals surface area contributed by atoms with E-state index in [0.29, 0.717) is 17.0 Å². The summed E-state index contributed by atoms with van der Waals surface area (Å²) in [4.78, 5) is 38.5. The maximum absolute atomic E-state index is 13.3. The summed E-state index contributed by atoms with van der Waals surface area (Å²) >= 11 is 0.719. The van der Waals surface area contributed by atoms with Gasteiger partial charge in [-0.15, -0.1) is 0 Å². The predicted molar refractivity (Wildman–Crippen MR) is 118 cm³/mol. The smallest absolute Gasteiger partial charge is 0.272 e. The fourth-order valence-electron chi connectivity index (χ4n) is 2.81. The number of rotatable bonds is 8. The van der Waals surface area contributed by atoms with Gasteiger partial charge in [-0.25, -0.2) is 4.39 Å². The Morgan fingerprint density at radius 1 is 1.19 bits per heavy atom. The van der Waals surface area contributed by atoms with Crippen LogP contribution in [0.2, 0.25) is 0 Å². The van der Waals surface area contributed by atoms with Crippen molar-refractivity contribution in [2.24, 2.45) is 5.73 Å². The lowest BCUT2D eigenvalue weighted by Crippen LogP contribution is -2.40. The van der Waals surface area contributed by atoms with Crippen molar-refractivity contribution >= 4 is 40.6 Å². The Morgan fingerprint density at radius 2 is 1.91 bits per heavy atom. The highest BCUT2D eigenvalue weighted by Gasteiger charge is 2.27. The molecule has 5 N–H and O–H groups in total. The molecule has 32 heavy (non-hydrogen) atoms. The molecule has 0 bridgehead atoms. The molecule has 3 amide bonds. The van der Waals surface area contributed by atoms with E-state index in [0.717, 1.165) is 11.5 Å². The first-order chi connectivity index (χ1) is 15.3. The number of carbonyl (C=O) groups is 3. The normalized spacial score (nSPS) is 10.4. The molecule has 0 saturated carbocycles. The first-order valence-electron chi connectivity index (χ1n) is 9.32. The van der Waals surface area contributed by atoms with Gasteiger partial charge >= 0.3 is 0 Å². The maximum atomic E-state index is 13.3. The molecule has 1 aromatic heterocycles. The number of anilines is 2. The monoisotopic (exact) mass is 457 g/mol. The number of hydrogen-bond donors (Lipinski definition) is 3. The molecule has 3 aromatic rings. The minimum absolute atomic E-state index is 0.0204. The number of carbonyl (C=O) groups excluding carboxylic acids is 3. The summed E-state index contributed by atoms with van der Waals surface area (Å²) in [5, 5.41) is 2.69. The van der Waals surface area contributed by atoms with Gasteiger partial charge in [-0.05, 0) is 41.4 Å². The van der Waals surface area contributed by atoms with Crippen LogP contribution < -0.4 is 26.4 Å². The van der Waals surface area contributed by atoms with Crippen LogP contribution in [0.5, 0.6) is 5.75 Å². The summed E-state index contributed by atoms with van der Waals surface area (Å²) in [7, 11) is 1.47. The molecular formula is C21H20FN5O4S. The number of halogens is 1. The largest absolute Gasteiger partial charge is 0.497 e. The Bertz CT molecular complexity index is 1150. The number of hydrogen-bond acceptors (Lipinski definition) is 7. The van der Waals surface area contributed by atoms with Gasteiger partial charge in [-0.1, -0.05) is 18.2 Å². The minimum Gasteiger partial charge on any atom is -0.497 e. The first-order valence-corrected chi connectivity index (χ1v) is 10.1. The Morgan fingerprint density at radius 3 is 2.53 bits per heavy atom. The number of aromatic nitrogens is 1. The molecule has 0 spiro atoms. The van der Waals surface area contributed by atoms with E-state index < -0.39 is 17.7 Å². The Kier molecular flexibility index (Phi) is 7.00. The molecule has 0 radical (unpaired) electrons. The van der Waals surface area contributed by atoms with Crippen LogP contribution in [0.15, 0.2) is 48.5 Å². The summed E-state index contributed by atoms with van der Waals surface area (Å²) in [6.45, 7) is -0.204. The topological polar surface area (TPSA) is 141 Å². The molecule has 0 saturated heterocycles. The average molecular weight is 457 g/mol. The Hall–Kier alpha value is -3.99. The van der Waals surface area contributed by atoms with Crippen LogP contribution in [0, 0.1) is 5.82 Å². The van der Waals surface area contributed by atoms with Crippen LogP contribution in [0.25, 0.3) is 0 Å². The summed E-state index contributed by atoms with van der Waals surface area (Å²) < 4.78 is 22.1. The van der Waals surface area contributed by atoms with Gasteiger partial charge in [0.25, 0.3) is 11.8 Å². The SMILES string of the molecule is COc1cccc(N(CC(=O)NCc2ccc(F)cc2)C(=O)c2snc(C(N)=O)c2N)c1. The number of nitrogens with zero attached hydrogens (tertiary/aromatic N) is 2. The van der Waals surface area contributed by atoms with E-state index in [2.05, 4.69) is 9.69 Å². The van der Waals surface area contributed by atoms with Crippen molar-refractivity contribution in [2.45, 2.75) is 6.54 Å². The quantitative estimate of drug-likeness (QED) is 0.472. The third-order valence-corrected chi connectivity index (χ3v) is 5.32. The van der Waals surface area contributed by atoms with Crippen molar-refractivity contribution in [3.63, 3.8) is 0 Å². The van der Waals surface area contributed by atoms with Gasteiger partial charge in [-0.2, -0.15) is 4.37 Å². The van der Waals surface area contributed by atoms with Crippen LogP contribution in [0.4, 0.5) is 15.8 Å². The molecule has 0 unspecified atom stereocenters. The number of primary amides is 1. The van der Waals surface area contributed by atoms with Crippen molar-refractivity contribution in [1.82, 2.24) is 9.69 Å². The average Bonchev–Trinajstić information content (AvgIpc) is 3.18. The van der Waals surface area contributed by atoms with Gasteiger partial charge in [0.1, 0.15) is 23.0 Å². The Balaban J connectivity index is 1.85. The number of nitrogens with one attached hydrogen (secondary N) is 1. The fraction of sp³-hybridized carbons (Fsp3) is 0.143. The standard InChI is InChI=1S/C21H20FN5O4S/c1-31-15-4-2-3-14(9-15)27(21(30)19-17(23)18(20(24)29)26-32-19)11-16(28)25-10-12-5-7-13(22)8-6-12/h2-9H,10-11,23H2,1H3,(H2,24,29)(H,25,28). The molecule has 0 atom stereocenters. The summed E-state index contributed by atoms with van der Waals surface area (Å²) in [5.74, 6) is -1.86. The number of ether oxygens (including phenoxy) is 1. The number of methoxy groups -OCH3 is 1. The third-order valence-electron chi connectivity index (χ3n) is 4.47. The summed E-state index contributed by atoms with van der Waals surface area (Å²) in [6.07, 6.45) is 0. The van der Waals surface area contributed by atoms with Crippen LogP contribution in [0.1, 0.15) is 25.7 Å². The van der Waals surface area contributed by atoms with E-state index >= 15 is 0 Å². The molecule has 9 nitrogen and oxygen atoms in total. The van der Waals surface area contributed by atoms with Crippen LogP contribution in [-0.4, -0.2) is 35.7 Å². The van der Waals surface area contributed by atoms with Gasteiger partial charge < -0.3 is 21.5 Å². The van der Waals surface area contributed by atoms with E-state index in [9.17, 15) is 18.8 Å².